The fraction of sp³-hybridized carbons (Fsp3) is 0.625. The normalized spacial score (nSPS) is 12.3. The number of carbonyl (C=O) groups excluding carboxylic acids is 2. The van der Waals surface area contributed by atoms with Crippen molar-refractivity contribution in [3.8, 4) is 0 Å². The highest BCUT2D eigenvalue weighted by Crippen LogP contribution is 2.18. The van der Waals surface area contributed by atoms with E-state index in [4.69, 9.17) is 5.73 Å². The average Bonchev–Trinajstić information content (AvgIpc) is 1.98. The lowest BCUT2D eigenvalue weighted by molar-refractivity contribution is -0.138. The van der Waals surface area contributed by atoms with Crippen molar-refractivity contribution in [3.05, 3.63) is 6.42 Å². The van der Waals surface area contributed by atoms with Crippen LogP contribution in [0.1, 0.15) is 13.8 Å². The van der Waals surface area contributed by atoms with E-state index in [1.165, 1.54) is 13.8 Å². The van der Waals surface area contributed by atoms with Gasteiger partial charge < -0.3 is 11.1 Å². The number of halogens is 3. The van der Waals surface area contributed by atoms with Crippen LogP contribution >= 0.6 is 0 Å². The highest BCUT2D eigenvalue weighted by Gasteiger charge is 2.32. The van der Waals surface area contributed by atoms with Crippen molar-refractivity contribution >= 4 is 11.8 Å². The van der Waals surface area contributed by atoms with Crippen LogP contribution in [0.4, 0.5) is 13.2 Å². The molecule has 15 heavy (non-hydrogen) atoms. The molecule has 0 aliphatic carbocycles. The first-order valence-corrected chi connectivity index (χ1v) is 4.05. The van der Waals surface area contributed by atoms with Crippen molar-refractivity contribution in [2.75, 3.05) is 6.54 Å². The summed E-state index contributed by atoms with van der Waals surface area (Å²) in [6.07, 6.45) is -3.65. The molecule has 0 aromatic heterocycles. The van der Waals surface area contributed by atoms with E-state index in [2.05, 4.69) is 0 Å². The third-order valence-electron chi connectivity index (χ3n) is 1.59. The molecule has 4 nitrogen and oxygen atoms in total. The minimum atomic E-state index is -4.47. The molecule has 0 aliphatic rings. The largest absolute Gasteiger partial charge is 0.405 e. The van der Waals surface area contributed by atoms with Crippen molar-refractivity contribution in [3.63, 3.8) is 0 Å². The lowest BCUT2D eigenvalue weighted by Crippen LogP contribution is -2.40. The van der Waals surface area contributed by atoms with E-state index in [1.807, 2.05) is 0 Å². The molecule has 0 atom stereocenters. The highest BCUT2D eigenvalue weighted by atomic mass is 19.4. The van der Waals surface area contributed by atoms with Gasteiger partial charge in [0.15, 0.2) is 0 Å². The highest BCUT2D eigenvalue weighted by molar-refractivity contribution is 5.94. The number of rotatable bonds is 4. The van der Waals surface area contributed by atoms with Gasteiger partial charge in [-0.1, -0.05) is 13.8 Å². The molecule has 0 rings (SSSR count). The number of hydrogen-bond donors (Lipinski definition) is 2. The van der Waals surface area contributed by atoms with Gasteiger partial charge in [-0.2, -0.15) is 13.2 Å². The van der Waals surface area contributed by atoms with Crippen LogP contribution in [0, 0.1) is 11.8 Å². The third kappa shape index (κ3) is 5.92. The molecule has 0 saturated carbocycles. The molecule has 3 N–H and O–H groups in total. The number of carbonyl (C=O) groups is 2. The monoisotopic (exact) mass is 225 g/mol. The zero-order valence-corrected chi connectivity index (χ0v) is 8.31. The van der Waals surface area contributed by atoms with E-state index in [9.17, 15) is 22.8 Å². The number of primary amides is 1. The van der Waals surface area contributed by atoms with Gasteiger partial charge in [0, 0.05) is 0 Å². The Hall–Kier alpha value is -1.27. The molecule has 0 saturated heterocycles. The molecule has 0 unspecified atom stereocenters. The summed E-state index contributed by atoms with van der Waals surface area (Å²) >= 11 is 0. The standard InChI is InChI=1S/C8H12F3N2O2/c1-7(2,6(12)15)3-5(14)13-4-8(9,10)11/h3H,4H2,1-2H3,(H2,12,15)(H,13,14). The second-order valence-electron chi connectivity index (χ2n) is 3.56. The molecule has 2 amide bonds. The van der Waals surface area contributed by atoms with E-state index in [-0.39, 0.29) is 0 Å². The number of hydrogen-bond acceptors (Lipinski definition) is 2. The number of alkyl halides is 3. The predicted octanol–water partition coefficient (Wildman–Crippen LogP) is 0.381. The van der Waals surface area contributed by atoms with Crippen LogP contribution in [0.5, 0.6) is 0 Å². The summed E-state index contributed by atoms with van der Waals surface area (Å²) in [5, 5.41) is 1.61. The average molecular weight is 225 g/mol. The van der Waals surface area contributed by atoms with Gasteiger partial charge in [-0.15, -0.1) is 0 Å². The number of amides is 2. The summed E-state index contributed by atoms with van der Waals surface area (Å²) < 4.78 is 35.1. The molecule has 0 aromatic carbocycles. The minimum Gasteiger partial charge on any atom is -0.369 e. The summed E-state index contributed by atoms with van der Waals surface area (Å²) in [4.78, 5) is 21.7. The van der Waals surface area contributed by atoms with Crippen LogP contribution < -0.4 is 11.1 Å². The predicted molar refractivity (Wildman–Crippen MR) is 46.3 cm³/mol. The molecule has 0 aromatic rings. The second-order valence-corrected chi connectivity index (χ2v) is 3.56. The first-order valence-electron chi connectivity index (χ1n) is 4.05. The van der Waals surface area contributed by atoms with Gasteiger partial charge in [0.2, 0.25) is 11.8 Å². The first-order chi connectivity index (χ1) is 6.54. The number of nitrogens with one attached hydrogen (secondary N) is 1. The summed E-state index contributed by atoms with van der Waals surface area (Å²) in [6.45, 7) is 1.24. The summed E-state index contributed by atoms with van der Waals surface area (Å²) in [6, 6.07) is 0. The lowest BCUT2D eigenvalue weighted by Gasteiger charge is -2.19. The van der Waals surface area contributed by atoms with Gasteiger partial charge in [-0.05, 0) is 0 Å². The van der Waals surface area contributed by atoms with Gasteiger partial charge in [-0.25, -0.2) is 0 Å². The fourth-order valence-corrected chi connectivity index (χ4v) is 0.637. The fourth-order valence-electron chi connectivity index (χ4n) is 0.637. The molecule has 7 heteroatoms. The van der Waals surface area contributed by atoms with Crippen molar-refractivity contribution in [2.45, 2.75) is 20.0 Å². The zero-order chi connectivity index (χ0) is 12.3. The van der Waals surface area contributed by atoms with Crippen LogP contribution in [0.2, 0.25) is 0 Å². The van der Waals surface area contributed by atoms with E-state index in [1.54, 1.807) is 5.32 Å². The molecular weight excluding hydrogens is 213 g/mol. The molecule has 0 heterocycles. The summed E-state index contributed by atoms with van der Waals surface area (Å²) in [5.41, 5.74) is 3.66. The Morgan fingerprint density at radius 3 is 2.13 bits per heavy atom. The quantitative estimate of drug-likeness (QED) is 0.726. The smallest absolute Gasteiger partial charge is 0.369 e. The van der Waals surface area contributed by atoms with Crippen LogP contribution in [-0.2, 0) is 9.59 Å². The van der Waals surface area contributed by atoms with Crippen LogP contribution in [0.3, 0.4) is 0 Å². The van der Waals surface area contributed by atoms with Crippen molar-refractivity contribution in [1.29, 1.82) is 0 Å². The Labute approximate surface area is 85.0 Å². The van der Waals surface area contributed by atoms with Gasteiger partial charge in [0.25, 0.3) is 0 Å². The maximum Gasteiger partial charge on any atom is 0.405 e. The van der Waals surface area contributed by atoms with Gasteiger partial charge in [0.1, 0.15) is 6.54 Å². The van der Waals surface area contributed by atoms with E-state index >= 15 is 0 Å². The Balaban J connectivity index is 4.11. The summed E-state index contributed by atoms with van der Waals surface area (Å²) in [7, 11) is 0. The topological polar surface area (TPSA) is 72.2 Å². The van der Waals surface area contributed by atoms with E-state index < -0.39 is 30.0 Å². The van der Waals surface area contributed by atoms with Crippen LogP contribution in [0.25, 0.3) is 0 Å². The summed E-state index contributed by atoms with van der Waals surface area (Å²) in [5.74, 6) is -1.76. The van der Waals surface area contributed by atoms with Gasteiger partial charge in [0.05, 0.1) is 11.8 Å². The Morgan fingerprint density at radius 1 is 1.33 bits per heavy atom. The van der Waals surface area contributed by atoms with Crippen LogP contribution in [0.15, 0.2) is 0 Å². The molecular formula is C8H12F3N2O2. The molecule has 0 spiro atoms. The molecule has 0 bridgehead atoms. The molecule has 0 aliphatic heterocycles. The second kappa shape index (κ2) is 4.50. The van der Waals surface area contributed by atoms with E-state index in [0.29, 0.717) is 0 Å². The van der Waals surface area contributed by atoms with Crippen molar-refractivity contribution in [2.24, 2.45) is 11.1 Å². The van der Waals surface area contributed by atoms with Gasteiger partial charge in [-0.3, -0.25) is 9.59 Å². The maximum absolute atomic E-state index is 11.7. The Bertz CT molecular complexity index is 261. The molecule has 0 fully saturated rings. The minimum absolute atomic E-state index is 0.787. The van der Waals surface area contributed by atoms with E-state index in [0.717, 1.165) is 6.42 Å². The zero-order valence-electron chi connectivity index (χ0n) is 8.31. The third-order valence-corrected chi connectivity index (χ3v) is 1.59. The van der Waals surface area contributed by atoms with Crippen LogP contribution in [-0.4, -0.2) is 24.5 Å². The Kier molecular flexibility index (Phi) is 4.12. The maximum atomic E-state index is 11.7. The van der Waals surface area contributed by atoms with Crippen molar-refractivity contribution < 1.29 is 22.8 Å². The van der Waals surface area contributed by atoms with Gasteiger partial charge >= 0.3 is 6.18 Å². The molecule has 1 radical (unpaired) electrons. The van der Waals surface area contributed by atoms with Crippen molar-refractivity contribution in [1.82, 2.24) is 5.32 Å². The molecule has 87 valence electrons. The lowest BCUT2D eigenvalue weighted by atomic mass is 9.88. The SMILES string of the molecule is CC(C)([CH]C(=O)NCC(F)(F)F)C(N)=O. The Morgan fingerprint density at radius 2 is 1.80 bits per heavy atom. The first kappa shape index (κ1) is 13.7. The number of nitrogens with two attached hydrogens (primary N) is 1.